The van der Waals surface area contributed by atoms with Crippen molar-refractivity contribution in [2.75, 3.05) is 19.8 Å². The molecule has 0 unspecified atom stereocenters. The number of rotatable bonds is 6. The largest absolute Gasteiger partial charge is 0.491 e. The SMILES string of the molecule is CC(C)(C)NC(=O)COC(=O)c1ccc(OC[C@@H]2CCCO2)cc1. The van der Waals surface area contributed by atoms with Crippen molar-refractivity contribution >= 4 is 11.9 Å². The van der Waals surface area contributed by atoms with Crippen LogP contribution in [0.15, 0.2) is 24.3 Å². The lowest BCUT2D eigenvalue weighted by atomic mass is 10.1. The third-order valence-electron chi connectivity index (χ3n) is 3.40. The summed E-state index contributed by atoms with van der Waals surface area (Å²) in [5.41, 5.74) is 0.0222. The maximum absolute atomic E-state index is 11.9. The van der Waals surface area contributed by atoms with Gasteiger partial charge in [-0.3, -0.25) is 4.79 Å². The number of esters is 1. The van der Waals surface area contributed by atoms with E-state index in [1.54, 1.807) is 24.3 Å². The van der Waals surface area contributed by atoms with E-state index >= 15 is 0 Å². The fourth-order valence-corrected chi connectivity index (χ4v) is 2.32. The van der Waals surface area contributed by atoms with Crippen molar-refractivity contribution in [2.24, 2.45) is 0 Å². The lowest BCUT2D eigenvalue weighted by Crippen LogP contribution is -2.42. The van der Waals surface area contributed by atoms with Gasteiger partial charge in [0, 0.05) is 12.1 Å². The van der Waals surface area contributed by atoms with Crippen LogP contribution in [-0.4, -0.2) is 43.3 Å². The number of hydrogen-bond acceptors (Lipinski definition) is 5. The van der Waals surface area contributed by atoms with Crippen molar-refractivity contribution in [3.8, 4) is 5.75 Å². The molecule has 132 valence electrons. The summed E-state index contributed by atoms with van der Waals surface area (Å²) in [5, 5.41) is 2.73. The predicted molar refractivity (Wildman–Crippen MR) is 89.1 cm³/mol. The van der Waals surface area contributed by atoms with Gasteiger partial charge in [-0.25, -0.2) is 4.79 Å². The van der Waals surface area contributed by atoms with E-state index in [9.17, 15) is 9.59 Å². The smallest absolute Gasteiger partial charge is 0.338 e. The Balaban J connectivity index is 1.77. The van der Waals surface area contributed by atoms with Crippen molar-refractivity contribution < 1.29 is 23.8 Å². The molecule has 1 aromatic rings. The van der Waals surface area contributed by atoms with E-state index in [-0.39, 0.29) is 24.2 Å². The minimum absolute atomic E-state index is 0.149. The summed E-state index contributed by atoms with van der Waals surface area (Å²) in [4.78, 5) is 23.6. The summed E-state index contributed by atoms with van der Waals surface area (Å²) >= 11 is 0. The molecule has 1 atom stereocenters. The van der Waals surface area contributed by atoms with Crippen molar-refractivity contribution in [1.82, 2.24) is 5.32 Å². The summed E-state index contributed by atoms with van der Waals surface area (Å²) in [7, 11) is 0. The molecule has 0 aromatic heterocycles. The Bertz CT molecular complexity index is 556. The van der Waals surface area contributed by atoms with Crippen LogP contribution in [0.5, 0.6) is 5.75 Å². The molecule has 1 fully saturated rings. The maximum Gasteiger partial charge on any atom is 0.338 e. The van der Waals surface area contributed by atoms with Gasteiger partial charge in [-0.05, 0) is 57.9 Å². The van der Waals surface area contributed by atoms with Crippen LogP contribution >= 0.6 is 0 Å². The van der Waals surface area contributed by atoms with Crippen molar-refractivity contribution in [3.05, 3.63) is 29.8 Å². The van der Waals surface area contributed by atoms with Crippen molar-refractivity contribution in [3.63, 3.8) is 0 Å². The Morgan fingerprint density at radius 2 is 1.96 bits per heavy atom. The topological polar surface area (TPSA) is 73.9 Å². The first-order valence-corrected chi connectivity index (χ1v) is 8.16. The van der Waals surface area contributed by atoms with Crippen LogP contribution in [-0.2, 0) is 14.3 Å². The van der Waals surface area contributed by atoms with Crippen LogP contribution in [0.2, 0.25) is 0 Å². The highest BCUT2D eigenvalue weighted by atomic mass is 16.5. The summed E-state index contributed by atoms with van der Waals surface area (Å²) < 4.78 is 16.1. The molecule has 0 aliphatic carbocycles. The Labute approximate surface area is 142 Å². The average molecular weight is 335 g/mol. The van der Waals surface area contributed by atoms with Crippen molar-refractivity contribution in [2.45, 2.75) is 45.3 Å². The normalized spacial score (nSPS) is 17.4. The molecule has 0 spiro atoms. The van der Waals surface area contributed by atoms with Gasteiger partial charge >= 0.3 is 5.97 Å². The first-order valence-electron chi connectivity index (χ1n) is 8.16. The zero-order chi connectivity index (χ0) is 17.6. The first kappa shape index (κ1) is 18.3. The predicted octanol–water partition coefficient (Wildman–Crippen LogP) is 2.32. The third kappa shape index (κ3) is 6.20. The lowest BCUT2D eigenvalue weighted by Gasteiger charge is -2.20. The van der Waals surface area contributed by atoms with E-state index in [0.29, 0.717) is 17.9 Å². The van der Waals surface area contributed by atoms with Gasteiger partial charge in [0.2, 0.25) is 0 Å². The summed E-state index contributed by atoms with van der Waals surface area (Å²) in [6.45, 7) is 6.60. The Kier molecular flexibility index (Phi) is 6.20. The number of carbonyl (C=O) groups excluding carboxylic acids is 2. The maximum atomic E-state index is 11.9. The third-order valence-corrected chi connectivity index (χ3v) is 3.40. The molecule has 0 radical (unpaired) electrons. The van der Waals surface area contributed by atoms with Gasteiger partial charge in [-0.2, -0.15) is 0 Å². The molecule has 1 saturated heterocycles. The summed E-state index contributed by atoms with van der Waals surface area (Å²) in [5.74, 6) is -0.190. The molecule has 1 aliphatic heterocycles. The molecular weight excluding hydrogens is 310 g/mol. The zero-order valence-corrected chi connectivity index (χ0v) is 14.5. The van der Waals surface area contributed by atoms with Crippen LogP contribution in [0.3, 0.4) is 0 Å². The molecule has 0 saturated carbocycles. The Hall–Kier alpha value is -2.08. The number of nitrogens with one attached hydrogen (secondary N) is 1. The molecule has 1 aliphatic rings. The fourth-order valence-electron chi connectivity index (χ4n) is 2.32. The molecule has 6 nitrogen and oxygen atoms in total. The van der Waals surface area contributed by atoms with Gasteiger partial charge in [0.05, 0.1) is 11.7 Å². The molecule has 1 amide bonds. The quantitative estimate of drug-likeness (QED) is 0.808. The van der Waals surface area contributed by atoms with Crippen LogP contribution in [0.25, 0.3) is 0 Å². The van der Waals surface area contributed by atoms with Crippen LogP contribution in [0.4, 0.5) is 0 Å². The van der Waals surface area contributed by atoms with Crippen LogP contribution in [0.1, 0.15) is 44.0 Å². The molecule has 1 N–H and O–H groups in total. The van der Waals surface area contributed by atoms with E-state index in [4.69, 9.17) is 14.2 Å². The highest BCUT2D eigenvalue weighted by Gasteiger charge is 2.17. The average Bonchev–Trinajstić information content (AvgIpc) is 3.03. The highest BCUT2D eigenvalue weighted by Crippen LogP contribution is 2.17. The monoisotopic (exact) mass is 335 g/mol. The number of ether oxygens (including phenoxy) is 3. The van der Waals surface area contributed by atoms with Crippen LogP contribution < -0.4 is 10.1 Å². The van der Waals surface area contributed by atoms with Gasteiger partial charge in [0.1, 0.15) is 12.4 Å². The zero-order valence-electron chi connectivity index (χ0n) is 14.5. The number of hydrogen-bond donors (Lipinski definition) is 1. The van der Waals surface area contributed by atoms with Gasteiger partial charge in [0.25, 0.3) is 5.91 Å². The van der Waals surface area contributed by atoms with E-state index in [1.807, 2.05) is 20.8 Å². The molecule has 1 aromatic carbocycles. The number of benzene rings is 1. The van der Waals surface area contributed by atoms with Gasteiger partial charge in [0.15, 0.2) is 6.61 Å². The van der Waals surface area contributed by atoms with E-state index in [0.717, 1.165) is 19.4 Å². The van der Waals surface area contributed by atoms with Gasteiger partial charge in [-0.15, -0.1) is 0 Å². The molecule has 1 heterocycles. The molecular formula is C18H25NO5. The summed E-state index contributed by atoms with van der Waals surface area (Å²) in [6.07, 6.45) is 2.23. The Morgan fingerprint density at radius 1 is 1.25 bits per heavy atom. The van der Waals surface area contributed by atoms with E-state index in [2.05, 4.69) is 5.32 Å². The summed E-state index contributed by atoms with van der Waals surface area (Å²) in [6, 6.07) is 6.66. The number of carbonyl (C=O) groups is 2. The van der Waals surface area contributed by atoms with E-state index < -0.39 is 5.97 Å². The number of amides is 1. The van der Waals surface area contributed by atoms with Gasteiger partial charge < -0.3 is 19.5 Å². The fraction of sp³-hybridized carbons (Fsp3) is 0.556. The molecule has 24 heavy (non-hydrogen) atoms. The van der Waals surface area contributed by atoms with E-state index in [1.165, 1.54) is 0 Å². The van der Waals surface area contributed by atoms with Gasteiger partial charge in [-0.1, -0.05) is 0 Å². The second-order valence-corrected chi connectivity index (χ2v) is 6.84. The lowest BCUT2D eigenvalue weighted by molar-refractivity contribution is -0.125. The Morgan fingerprint density at radius 3 is 2.54 bits per heavy atom. The van der Waals surface area contributed by atoms with Crippen molar-refractivity contribution in [1.29, 1.82) is 0 Å². The highest BCUT2D eigenvalue weighted by molar-refractivity contribution is 5.91. The second kappa shape index (κ2) is 8.15. The first-order chi connectivity index (χ1) is 11.3. The molecule has 2 rings (SSSR count). The minimum atomic E-state index is -0.537. The molecule has 6 heteroatoms. The van der Waals surface area contributed by atoms with Crippen LogP contribution in [0, 0.1) is 0 Å². The standard InChI is InChI=1S/C18H25NO5/c1-18(2,3)19-16(20)12-24-17(21)13-6-8-14(9-7-13)23-11-15-5-4-10-22-15/h6-9,15H,4-5,10-12H2,1-3H3,(H,19,20)/t15-/m0/s1. The minimum Gasteiger partial charge on any atom is -0.491 e. The second-order valence-electron chi connectivity index (χ2n) is 6.84. The molecule has 0 bridgehead atoms.